The average Bonchev–Trinajstić information content (AvgIpc) is 3.08. The van der Waals surface area contributed by atoms with Gasteiger partial charge in [-0.15, -0.1) is 0 Å². The molecule has 2 aliphatic rings. The zero-order valence-corrected chi connectivity index (χ0v) is 30.9. The Bertz CT molecular complexity index is 1770. The summed E-state index contributed by atoms with van der Waals surface area (Å²) in [5.74, 6) is -0.168. The predicted molar refractivity (Wildman–Crippen MR) is 198 cm³/mol. The quantitative estimate of drug-likeness (QED) is 0.197. The largest absolute Gasteiger partial charge is 0.493 e. The van der Waals surface area contributed by atoms with E-state index in [0.717, 1.165) is 40.0 Å². The van der Waals surface area contributed by atoms with Crippen LogP contribution in [0.5, 0.6) is 5.75 Å². The molecule has 0 saturated carbocycles. The Labute approximate surface area is 301 Å². The van der Waals surface area contributed by atoms with Crippen molar-refractivity contribution in [1.82, 2.24) is 15.1 Å². The molecule has 2 heterocycles. The van der Waals surface area contributed by atoms with Gasteiger partial charge >= 0.3 is 5.97 Å². The Morgan fingerprint density at radius 3 is 2.44 bits per heavy atom. The summed E-state index contributed by atoms with van der Waals surface area (Å²) in [6, 6.07) is 19.8. The standard InChI is InChI=1S/C41H50ClN3O5/c1-7-44(23-31-10-8-9-11-34(31)42)39(47)38-33(22-32-24-45(25-35(38)43-32)37(46)16-18-41(5,6)40(48)49)30-14-12-29(13-15-30)17-19-50-36-21-26(2)20-27(3)28(36)4/h8-15,20-21,32,35,43H,7,16-19,22-25H2,1-6H3,(H,48,49). The minimum Gasteiger partial charge on any atom is -0.493 e. The number of nitrogens with one attached hydrogen (secondary N) is 1. The first-order valence-corrected chi connectivity index (χ1v) is 18.0. The minimum absolute atomic E-state index is 0.0375. The molecule has 0 spiro atoms. The number of hydrogen-bond acceptors (Lipinski definition) is 5. The molecule has 0 radical (unpaired) electrons. The van der Waals surface area contributed by atoms with Crippen LogP contribution in [0, 0.1) is 26.2 Å². The second-order valence-electron chi connectivity index (χ2n) is 14.4. The number of fused-ring (bicyclic) bond motifs is 2. The van der Waals surface area contributed by atoms with Gasteiger partial charge in [0.25, 0.3) is 5.91 Å². The number of halogens is 1. The molecule has 0 aromatic heterocycles. The fraction of sp³-hybridized carbons (Fsp3) is 0.439. The number of carbonyl (C=O) groups excluding carboxylic acids is 2. The maximum Gasteiger partial charge on any atom is 0.309 e. The highest BCUT2D eigenvalue weighted by Crippen LogP contribution is 2.35. The minimum atomic E-state index is -0.995. The number of benzene rings is 3. The molecule has 5 rings (SSSR count). The Morgan fingerprint density at radius 2 is 1.76 bits per heavy atom. The topological polar surface area (TPSA) is 99.2 Å². The molecule has 2 atom stereocenters. The van der Waals surface area contributed by atoms with Gasteiger partial charge in [0.1, 0.15) is 5.75 Å². The van der Waals surface area contributed by atoms with Gasteiger partial charge in [0.2, 0.25) is 5.91 Å². The van der Waals surface area contributed by atoms with E-state index in [2.05, 4.69) is 62.5 Å². The highest BCUT2D eigenvalue weighted by atomic mass is 35.5. The van der Waals surface area contributed by atoms with Gasteiger partial charge in [0.05, 0.1) is 18.1 Å². The van der Waals surface area contributed by atoms with E-state index >= 15 is 0 Å². The first-order valence-electron chi connectivity index (χ1n) is 17.6. The molecule has 3 aromatic carbocycles. The van der Waals surface area contributed by atoms with Crippen LogP contribution in [0.15, 0.2) is 66.2 Å². The Kier molecular flexibility index (Phi) is 11.7. The second kappa shape index (κ2) is 15.8. The van der Waals surface area contributed by atoms with Gasteiger partial charge < -0.3 is 25.0 Å². The fourth-order valence-electron chi connectivity index (χ4n) is 6.89. The molecule has 2 amide bonds. The van der Waals surface area contributed by atoms with Gasteiger partial charge in [-0.25, -0.2) is 0 Å². The van der Waals surface area contributed by atoms with Crippen LogP contribution in [0.3, 0.4) is 0 Å². The number of hydrogen-bond donors (Lipinski definition) is 2. The third-order valence-corrected chi connectivity index (χ3v) is 10.6. The Hall–Kier alpha value is -4.14. The summed E-state index contributed by atoms with van der Waals surface area (Å²) < 4.78 is 6.18. The van der Waals surface area contributed by atoms with E-state index in [-0.39, 0.29) is 36.7 Å². The van der Waals surface area contributed by atoms with Gasteiger partial charge in [0, 0.05) is 55.7 Å². The van der Waals surface area contributed by atoms with Crippen LogP contribution < -0.4 is 10.1 Å². The molecular weight excluding hydrogens is 650 g/mol. The number of carbonyl (C=O) groups is 3. The van der Waals surface area contributed by atoms with E-state index in [1.807, 2.05) is 36.1 Å². The van der Waals surface area contributed by atoms with Crippen molar-refractivity contribution >= 4 is 35.0 Å². The molecule has 1 fully saturated rings. The summed E-state index contributed by atoms with van der Waals surface area (Å²) in [6.07, 6.45) is 1.72. The average molecular weight is 700 g/mol. The van der Waals surface area contributed by atoms with Crippen LogP contribution in [-0.2, 0) is 27.3 Å². The summed E-state index contributed by atoms with van der Waals surface area (Å²) in [5.41, 5.74) is 7.24. The third-order valence-electron chi connectivity index (χ3n) is 10.2. The van der Waals surface area contributed by atoms with Gasteiger partial charge in [-0.05, 0) is 105 Å². The highest BCUT2D eigenvalue weighted by molar-refractivity contribution is 6.31. The number of aliphatic carboxylic acids is 1. The van der Waals surface area contributed by atoms with Crippen LogP contribution in [0.25, 0.3) is 5.57 Å². The highest BCUT2D eigenvalue weighted by Gasteiger charge is 2.41. The lowest BCUT2D eigenvalue weighted by Gasteiger charge is -2.45. The van der Waals surface area contributed by atoms with Crippen LogP contribution in [0.4, 0.5) is 0 Å². The number of carboxylic acid groups (broad SMARTS) is 1. The zero-order valence-electron chi connectivity index (χ0n) is 30.1. The second-order valence-corrected chi connectivity index (χ2v) is 14.8. The number of carboxylic acids is 1. The Balaban J connectivity index is 1.40. The molecule has 266 valence electrons. The van der Waals surface area contributed by atoms with Crippen molar-refractivity contribution in [2.24, 2.45) is 5.41 Å². The van der Waals surface area contributed by atoms with Gasteiger partial charge in [-0.1, -0.05) is 60.1 Å². The lowest BCUT2D eigenvalue weighted by molar-refractivity contribution is -0.148. The number of aryl methyl sites for hydroxylation is 2. The summed E-state index contributed by atoms with van der Waals surface area (Å²) >= 11 is 6.51. The van der Waals surface area contributed by atoms with E-state index < -0.39 is 11.4 Å². The summed E-state index contributed by atoms with van der Waals surface area (Å²) in [6.45, 7) is 13.8. The molecule has 1 saturated heterocycles. The zero-order chi connectivity index (χ0) is 36.2. The number of likely N-dealkylation sites (N-methyl/N-ethyl adjacent to an activating group) is 1. The predicted octanol–water partition coefficient (Wildman–Crippen LogP) is 7.15. The van der Waals surface area contributed by atoms with Gasteiger partial charge in [-0.3, -0.25) is 14.4 Å². The first kappa shape index (κ1) is 37.1. The van der Waals surface area contributed by atoms with Crippen molar-refractivity contribution < 1.29 is 24.2 Å². The van der Waals surface area contributed by atoms with E-state index in [0.29, 0.717) is 49.8 Å². The number of rotatable bonds is 13. The van der Waals surface area contributed by atoms with Crippen LogP contribution in [0.2, 0.25) is 5.02 Å². The monoisotopic (exact) mass is 699 g/mol. The number of amides is 2. The summed E-state index contributed by atoms with van der Waals surface area (Å²) in [5, 5.41) is 13.8. The third kappa shape index (κ3) is 8.59. The maximum atomic E-state index is 14.6. The maximum absolute atomic E-state index is 14.6. The van der Waals surface area contributed by atoms with Crippen molar-refractivity contribution in [3.63, 3.8) is 0 Å². The fourth-order valence-corrected chi connectivity index (χ4v) is 7.08. The van der Waals surface area contributed by atoms with Crippen LogP contribution in [0.1, 0.15) is 73.4 Å². The van der Waals surface area contributed by atoms with E-state index in [1.54, 1.807) is 18.7 Å². The first-order chi connectivity index (χ1) is 23.8. The summed E-state index contributed by atoms with van der Waals surface area (Å²) in [7, 11) is 0. The van der Waals surface area contributed by atoms with Crippen molar-refractivity contribution in [2.45, 2.75) is 85.9 Å². The lowest BCUT2D eigenvalue weighted by atomic mass is 9.82. The van der Waals surface area contributed by atoms with Crippen LogP contribution >= 0.6 is 11.6 Å². The van der Waals surface area contributed by atoms with Crippen LogP contribution in [-0.4, -0.2) is 71.0 Å². The molecule has 3 aromatic rings. The van der Waals surface area contributed by atoms with Crippen molar-refractivity contribution in [1.29, 1.82) is 0 Å². The summed E-state index contributed by atoms with van der Waals surface area (Å²) in [4.78, 5) is 43.3. The number of ether oxygens (including phenoxy) is 1. The van der Waals surface area contributed by atoms with E-state index in [9.17, 15) is 19.5 Å². The van der Waals surface area contributed by atoms with Crippen molar-refractivity contribution in [3.05, 3.63) is 105 Å². The molecule has 8 nitrogen and oxygen atoms in total. The smallest absolute Gasteiger partial charge is 0.309 e. The number of nitrogens with zero attached hydrogens (tertiary/aromatic N) is 2. The molecule has 50 heavy (non-hydrogen) atoms. The molecule has 2 aliphatic heterocycles. The lowest BCUT2D eigenvalue weighted by Crippen LogP contribution is -2.62. The van der Waals surface area contributed by atoms with Crippen molar-refractivity contribution in [2.75, 3.05) is 26.2 Å². The molecule has 2 unspecified atom stereocenters. The molecule has 2 N–H and O–H groups in total. The van der Waals surface area contributed by atoms with Gasteiger partial charge in [-0.2, -0.15) is 0 Å². The normalized spacial score (nSPS) is 17.5. The molecule has 2 bridgehead atoms. The molecule has 0 aliphatic carbocycles. The van der Waals surface area contributed by atoms with Crippen molar-refractivity contribution in [3.8, 4) is 5.75 Å². The SMILES string of the molecule is CCN(Cc1ccccc1Cl)C(=O)C1=C(c2ccc(CCOc3cc(C)cc(C)c3C)cc2)CC2CN(C(=O)CCC(C)(C)C(=O)O)CC1N2. The molecule has 9 heteroatoms. The van der Waals surface area contributed by atoms with E-state index in [4.69, 9.17) is 16.3 Å². The Morgan fingerprint density at radius 1 is 1.04 bits per heavy atom. The van der Waals surface area contributed by atoms with Gasteiger partial charge in [0.15, 0.2) is 0 Å². The van der Waals surface area contributed by atoms with E-state index in [1.165, 1.54) is 11.1 Å². The molecular formula is C41H50ClN3O5. The number of piperazine rings is 1.